The maximum Gasteiger partial charge on any atom is 0.261 e. The smallest absolute Gasteiger partial charge is 0.261 e. The Kier molecular flexibility index (Phi) is 6.17. The summed E-state index contributed by atoms with van der Waals surface area (Å²) in [5.74, 6) is 0.338. The van der Waals surface area contributed by atoms with Crippen LogP contribution in [0.5, 0.6) is 5.75 Å². The summed E-state index contributed by atoms with van der Waals surface area (Å²) in [7, 11) is -2.40. The number of ether oxygens (including phenoxy) is 1. The van der Waals surface area contributed by atoms with E-state index in [1.165, 1.54) is 19.2 Å². The molecule has 0 radical (unpaired) electrons. The molecule has 1 saturated heterocycles. The van der Waals surface area contributed by atoms with Crippen molar-refractivity contribution in [2.75, 3.05) is 24.9 Å². The van der Waals surface area contributed by atoms with Gasteiger partial charge in [0.1, 0.15) is 5.75 Å². The summed E-state index contributed by atoms with van der Waals surface area (Å²) in [5.41, 5.74) is 2.63. The lowest BCUT2D eigenvalue weighted by Gasteiger charge is -2.19. The van der Waals surface area contributed by atoms with Crippen molar-refractivity contribution in [1.82, 2.24) is 4.90 Å². The molecule has 0 atom stereocenters. The van der Waals surface area contributed by atoms with Gasteiger partial charge in [0.2, 0.25) is 0 Å². The normalized spacial score (nSPS) is 14.3. The second kappa shape index (κ2) is 8.45. The average molecular weight is 417 g/mol. The summed E-state index contributed by atoms with van der Waals surface area (Å²) in [6.07, 6.45) is 1.91. The van der Waals surface area contributed by atoms with Crippen molar-refractivity contribution in [3.8, 4) is 5.75 Å². The van der Waals surface area contributed by atoms with Crippen molar-refractivity contribution in [3.05, 3.63) is 53.1 Å². The fourth-order valence-corrected chi connectivity index (χ4v) is 4.80. The summed E-state index contributed by atoms with van der Waals surface area (Å²) >= 11 is 0. The lowest BCUT2D eigenvalue weighted by Crippen LogP contribution is -2.28. The van der Waals surface area contributed by atoms with Gasteiger partial charge in [0, 0.05) is 13.1 Å². The van der Waals surface area contributed by atoms with Crippen molar-refractivity contribution in [2.45, 2.75) is 44.4 Å². The van der Waals surface area contributed by atoms with Gasteiger partial charge in [0.15, 0.2) is 0 Å². The molecule has 29 heavy (non-hydrogen) atoms. The highest BCUT2D eigenvalue weighted by molar-refractivity contribution is 7.92. The molecular weight excluding hydrogens is 388 g/mol. The summed E-state index contributed by atoms with van der Waals surface area (Å²) in [4.78, 5) is 14.7. The molecule has 0 aliphatic carbocycles. The van der Waals surface area contributed by atoms with E-state index in [4.69, 9.17) is 4.74 Å². The molecule has 2 aromatic rings. The van der Waals surface area contributed by atoms with Gasteiger partial charge in [-0.2, -0.15) is 0 Å². The Morgan fingerprint density at radius 3 is 2.45 bits per heavy atom. The number of rotatable bonds is 6. The first-order valence-corrected chi connectivity index (χ1v) is 11.3. The standard InChI is InChI=1S/C22H28N2O4S/c1-15(2)18-9-7-8-16(3)21(18)23-29(26,27)17-10-11-20(28-4)19(14-17)22(25)24-12-5-6-13-24/h7-11,14-15,23H,5-6,12-13H2,1-4H3. The Labute approximate surface area is 172 Å². The molecule has 0 bridgehead atoms. The summed E-state index contributed by atoms with van der Waals surface area (Å²) in [6, 6.07) is 10.1. The molecule has 1 aliphatic rings. The molecule has 1 fully saturated rings. The Bertz CT molecular complexity index is 1010. The van der Waals surface area contributed by atoms with E-state index < -0.39 is 10.0 Å². The number of anilines is 1. The molecule has 0 saturated carbocycles. The van der Waals surface area contributed by atoms with Crippen molar-refractivity contribution >= 4 is 21.6 Å². The number of hydrogen-bond acceptors (Lipinski definition) is 4. The molecule has 0 spiro atoms. The first-order valence-electron chi connectivity index (χ1n) is 9.84. The van der Waals surface area contributed by atoms with Crippen molar-refractivity contribution in [1.29, 1.82) is 0 Å². The van der Waals surface area contributed by atoms with E-state index in [1.54, 1.807) is 11.0 Å². The predicted octanol–water partition coefficient (Wildman–Crippen LogP) is 4.16. The second-order valence-corrected chi connectivity index (χ2v) is 9.34. The molecular formula is C22H28N2O4S. The summed E-state index contributed by atoms with van der Waals surface area (Å²) < 4.78 is 34.3. The van der Waals surface area contributed by atoms with Gasteiger partial charge in [-0.05, 0) is 55.0 Å². The van der Waals surface area contributed by atoms with Crippen molar-refractivity contribution in [3.63, 3.8) is 0 Å². The van der Waals surface area contributed by atoms with Gasteiger partial charge < -0.3 is 9.64 Å². The quantitative estimate of drug-likeness (QED) is 0.767. The third kappa shape index (κ3) is 4.40. The number of amides is 1. The lowest BCUT2D eigenvalue weighted by atomic mass is 9.99. The molecule has 1 aliphatic heterocycles. The van der Waals surface area contributed by atoms with E-state index in [0.29, 0.717) is 24.5 Å². The maximum atomic E-state index is 13.1. The number of nitrogens with one attached hydrogen (secondary N) is 1. The third-order valence-corrected chi connectivity index (χ3v) is 6.62. The van der Waals surface area contributed by atoms with Crippen molar-refractivity contribution < 1.29 is 17.9 Å². The van der Waals surface area contributed by atoms with E-state index >= 15 is 0 Å². The lowest BCUT2D eigenvalue weighted by molar-refractivity contribution is 0.0789. The van der Waals surface area contributed by atoms with Gasteiger partial charge >= 0.3 is 0 Å². The number of hydrogen-bond donors (Lipinski definition) is 1. The molecule has 0 unspecified atom stereocenters. The van der Waals surface area contributed by atoms with Crippen LogP contribution in [0.4, 0.5) is 5.69 Å². The van der Waals surface area contributed by atoms with Crippen LogP contribution in [-0.2, 0) is 10.0 Å². The molecule has 2 aromatic carbocycles. The van der Waals surface area contributed by atoms with Gasteiger partial charge in [0.25, 0.3) is 15.9 Å². The van der Waals surface area contributed by atoms with E-state index in [9.17, 15) is 13.2 Å². The van der Waals surface area contributed by atoms with Crippen LogP contribution in [0.2, 0.25) is 0 Å². The highest BCUT2D eigenvalue weighted by Crippen LogP contribution is 2.31. The SMILES string of the molecule is COc1ccc(S(=O)(=O)Nc2c(C)cccc2C(C)C)cc1C(=O)N1CCCC1. The minimum atomic E-state index is -3.87. The Balaban J connectivity index is 2.00. The molecule has 1 heterocycles. The fourth-order valence-electron chi connectivity index (χ4n) is 3.62. The van der Waals surface area contributed by atoms with Gasteiger partial charge in [-0.1, -0.05) is 32.0 Å². The number of para-hydroxylation sites is 1. The van der Waals surface area contributed by atoms with Crippen LogP contribution < -0.4 is 9.46 Å². The highest BCUT2D eigenvalue weighted by Gasteiger charge is 2.26. The number of likely N-dealkylation sites (tertiary alicyclic amines) is 1. The number of sulfonamides is 1. The van der Waals surface area contributed by atoms with Crippen LogP contribution in [0.25, 0.3) is 0 Å². The minimum Gasteiger partial charge on any atom is -0.496 e. The van der Waals surface area contributed by atoms with Gasteiger partial charge in [-0.3, -0.25) is 9.52 Å². The molecule has 1 amide bonds. The molecule has 7 heteroatoms. The zero-order valence-corrected chi connectivity index (χ0v) is 18.2. The first kappa shape index (κ1) is 21.2. The number of nitrogens with zero attached hydrogens (tertiary/aromatic N) is 1. The van der Waals surface area contributed by atoms with Gasteiger partial charge in [-0.25, -0.2) is 8.42 Å². The van der Waals surface area contributed by atoms with Crippen LogP contribution in [-0.4, -0.2) is 39.4 Å². The van der Waals surface area contributed by atoms with Crippen LogP contribution in [0, 0.1) is 6.92 Å². The number of benzene rings is 2. The number of methoxy groups -OCH3 is 1. The zero-order valence-electron chi connectivity index (χ0n) is 17.4. The van der Waals surface area contributed by atoms with Crippen molar-refractivity contribution in [2.24, 2.45) is 0 Å². The second-order valence-electron chi connectivity index (χ2n) is 7.66. The Morgan fingerprint density at radius 2 is 1.83 bits per heavy atom. The maximum absolute atomic E-state index is 13.1. The third-order valence-electron chi connectivity index (χ3n) is 5.27. The summed E-state index contributed by atoms with van der Waals surface area (Å²) in [5, 5.41) is 0. The van der Waals surface area contributed by atoms with Gasteiger partial charge in [0.05, 0.1) is 23.3 Å². The largest absolute Gasteiger partial charge is 0.496 e. The number of carbonyl (C=O) groups is 1. The number of aryl methyl sites for hydroxylation is 1. The Hall–Kier alpha value is -2.54. The van der Waals surface area contributed by atoms with Gasteiger partial charge in [-0.15, -0.1) is 0 Å². The zero-order chi connectivity index (χ0) is 21.2. The van der Waals surface area contributed by atoms with E-state index in [0.717, 1.165) is 24.0 Å². The highest BCUT2D eigenvalue weighted by atomic mass is 32.2. The average Bonchev–Trinajstić information content (AvgIpc) is 3.23. The molecule has 6 nitrogen and oxygen atoms in total. The predicted molar refractivity (Wildman–Crippen MR) is 114 cm³/mol. The number of carbonyl (C=O) groups excluding carboxylic acids is 1. The topological polar surface area (TPSA) is 75.7 Å². The molecule has 1 N–H and O–H groups in total. The fraction of sp³-hybridized carbons (Fsp3) is 0.409. The molecule has 3 rings (SSSR count). The molecule has 156 valence electrons. The Morgan fingerprint density at radius 1 is 1.14 bits per heavy atom. The molecule has 0 aromatic heterocycles. The minimum absolute atomic E-state index is 0.0406. The van der Waals surface area contributed by atoms with Crippen LogP contribution in [0.1, 0.15) is 54.1 Å². The van der Waals surface area contributed by atoms with E-state index in [1.807, 2.05) is 39.0 Å². The van der Waals surface area contributed by atoms with Crippen LogP contribution >= 0.6 is 0 Å². The van der Waals surface area contributed by atoms with E-state index in [2.05, 4.69) is 4.72 Å². The van der Waals surface area contributed by atoms with Crippen LogP contribution in [0.15, 0.2) is 41.3 Å². The van der Waals surface area contributed by atoms with E-state index in [-0.39, 0.29) is 22.3 Å². The summed E-state index contributed by atoms with van der Waals surface area (Å²) in [6.45, 7) is 7.27. The first-order chi connectivity index (χ1) is 13.7. The van der Waals surface area contributed by atoms with Crippen LogP contribution in [0.3, 0.4) is 0 Å². The monoisotopic (exact) mass is 416 g/mol.